The van der Waals surface area contributed by atoms with Crippen LogP contribution in [-0.4, -0.2) is 71.8 Å². The zero-order valence-corrected chi connectivity index (χ0v) is 24.0. The molecule has 1 saturated carbocycles. The molecule has 1 aromatic carbocycles. The van der Waals surface area contributed by atoms with Crippen LogP contribution in [0.2, 0.25) is 0 Å². The van der Waals surface area contributed by atoms with Crippen LogP contribution < -0.4 is 15.4 Å². The number of hydrogen-bond donors (Lipinski definition) is 2. The summed E-state index contributed by atoms with van der Waals surface area (Å²) >= 11 is 0. The van der Waals surface area contributed by atoms with Crippen LogP contribution in [0.4, 0.5) is 8.78 Å². The van der Waals surface area contributed by atoms with E-state index in [0.717, 1.165) is 30.4 Å². The Morgan fingerprint density at radius 1 is 1.19 bits per heavy atom. The number of amides is 3. The van der Waals surface area contributed by atoms with Crippen LogP contribution >= 0.6 is 0 Å². The molecule has 0 spiro atoms. The number of rotatable bonds is 11. The third-order valence-corrected chi connectivity index (χ3v) is 7.99. The molecule has 2 aliphatic heterocycles. The summed E-state index contributed by atoms with van der Waals surface area (Å²) < 4.78 is 38.0. The molecule has 3 amide bonds. The average Bonchev–Trinajstić information content (AvgIpc) is 3.76. The van der Waals surface area contributed by atoms with Gasteiger partial charge in [0.15, 0.2) is 0 Å². The molecule has 1 aliphatic carbocycles. The van der Waals surface area contributed by atoms with E-state index in [0.29, 0.717) is 38.1 Å². The normalized spacial score (nSPS) is 21.1. The van der Waals surface area contributed by atoms with E-state index in [-0.39, 0.29) is 55.6 Å². The molecule has 2 aromatic rings. The van der Waals surface area contributed by atoms with Crippen molar-refractivity contribution in [1.82, 2.24) is 20.5 Å². The summed E-state index contributed by atoms with van der Waals surface area (Å²) in [5.74, 6) is -5.36. The van der Waals surface area contributed by atoms with E-state index in [1.807, 2.05) is 24.3 Å². The summed E-state index contributed by atoms with van der Waals surface area (Å²) in [7, 11) is 0. The van der Waals surface area contributed by atoms with E-state index >= 15 is 0 Å². The average molecular weight is 599 g/mol. The lowest BCUT2D eigenvalue weighted by Crippen LogP contribution is -2.51. The molecular formula is C31H36F2N4O6. The first kappa shape index (κ1) is 30.4. The summed E-state index contributed by atoms with van der Waals surface area (Å²) in [6, 6.07) is 9.84. The maximum Gasteiger partial charge on any atom is 0.321 e. The van der Waals surface area contributed by atoms with Gasteiger partial charge in [-0.2, -0.15) is 8.78 Å². The molecule has 230 valence electrons. The third-order valence-electron chi connectivity index (χ3n) is 7.99. The lowest BCUT2D eigenvalue weighted by molar-refractivity contribution is -0.144. The Bertz CT molecular complexity index is 1340. The van der Waals surface area contributed by atoms with Crippen LogP contribution in [-0.2, 0) is 19.1 Å². The second-order valence-electron chi connectivity index (χ2n) is 11.6. The number of nitrogens with zero attached hydrogens (tertiary/aromatic N) is 2. The van der Waals surface area contributed by atoms with E-state index < -0.39 is 23.8 Å². The minimum absolute atomic E-state index is 0.0856. The number of carbonyl (C=O) groups is 4. The van der Waals surface area contributed by atoms with Gasteiger partial charge in [0, 0.05) is 32.5 Å². The van der Waals surface area contributed by atoms with Crippen LogP contribution in [0.25, 0.3) is 0 Å². The second-order valence-corrected chi connectivity index (χ2v) is 11.6. The van der Waals surface area contributed by atoms with Crippen molar-refractivity contribution >= 4 is 23.7 Å². The molecule has 0 radical (unpaired) electrons. The molecule has 2 saturated heterocycles. The number of cyclic esters (lactones) is 1. The van der Waals surface area contributed by atoms with Crippen molar-refractivity contribution < 1.29 is 37.4 Å². The van der Waals surface area contributed by atoms with Crippen LogP contribution in [0, 0.1) is 5.92 Å². The number of aromatic nitrogens is 1. The Labute approximate surface area is 248 Å². The van der Waals surface area contributed by atoms with Gasteiger partial charge in [-0.1, -0.05) is 24.3 Å². The number of likely N-dealkylation sites (tertiary alicyclic amines) is 1. The van der Waals surface area contributed by atoms with Gasteiger partial charge in [-0.15, -0.1) is 0 Å². The van der Waals surface area contributed by atoms with E-state index in [4.69, 9.17) is 9.47 Å². The van der Waals surface area contributed by atoms with Gasteiger partial charge in [-0.25, -0.2) is 4.98 Å². The van der Waals surface area contributed by atoms with Gasteiger partial charge in [-0.3, -0.25) is 19.2 Å². The number of benzene rings is 1. The fraction of sp³-hybridized carbons (Fsp3) is 0.516. The first-order chi connectivity index (χ1) is 20.6. The maximum atomic E-state index is 13.7. The van der Waals surface area contributed by atoms with Gasteiger partial charge in [0.05, 0.1) is 31.2 Å². The third kappa shape index (κ3) is 8.05. The number of pyridine rings is 1. The Balaban J connectivity index is 1.13. The summed E-state index contributed by atoms with van der Waals surface area (Å²) in [4.78, 5) is 54.9. The van der Waals surface area contributed by atoms with Gasteiger partial charge in [0.2, 0.25) is 5.91 Å². The quantitative estimate of drug-likeness (QED) is 0.379. The van der Waals surface area contributed by atoms with Crippen molar-refractivity contribution in [3.05, 3.63) is 59.4 Å². The number of carbonyl (C=O) groups excluding carboxylic acids is 4. The predicted octanol–water partition coefficient (Wildman–Crippen LogP) is 3.52. The standard InChI is InChI=1S/C31H36F2N4O6/c1-31(32,33)30(41)36-25(21-5-2-4-20(14-21)19-7-8-19)11-13-42-24-9-10-26(34-16-24)28(39)35-23-6-3-12-37(17-23)29(40)22-15-27(38)43-18-22/h2,4-5,9-10,14,16,19,22-23,25H,3,6-8,11-13,15,17-18H2,1H3,(H,35,39)(H,36,41)/t22-,23+,25?/m1/s1. The Morgan fingerprint density at radius 3 is 2.67 bits per heavy atom. The van der Waals surface area contributed by atoms with Gasteiger partial charge >= 0.3 is 11.9 Å². The highest BCUT2D eigenvalue weighted by Gasteiger charge is 2.36. The SMILES string of the molecule is CC(F)(F)C(=O)NC(CCOc1ccc(C(=O)N[C@H]2CCCN(C(=O)[C@H]3COC(=O)C3)C2)nc1)c1cccc(C2CC2)c1. The monoisotopic (exact) mass is 598 g/mol. The second kappa shape index (κ2) is 13.0. The largest absolute Gasteiger partial charge is 0.492 e. The van der Waals surface area contributed by atoms with Crippen LogP contribution in [0.3, 0.4) is 0 Å². The number of esters is 1. The van der Waals surface area contributed by atoms with Crippen molar-refractivity contribution in [3.63, 3.8) is 0 Å². The smallest absolute Gasteiger partial charge is 0.321 e. The van der Waals surface area contributed by atoms with Gasteiger partial charge < -0.3 is 25.0 Å². The van der Waals surface area contributed by atoms with Crippen molar-refractivity contribution in [1.29, 1.82) is 0 Å². The zero-order chi connectivity index (χ0) is 30.6. The summed E-state index contributed by atoms with van der Waals surface area (Å²) in [6.07, 6.45) is 5.36. The van der Waals surface area contributed by atoms with Crippen molar-refractivity contribution in [2.45, 2.75) is 69.4 Å². The van der Waals surface area contributed by atoms with E-state index in [9.17, 15) is 28.0 Å². The minimum atomic E-state index is -3.51. The van der Waals surface area contributed by atoms with Gasteiger partial charge in [0.1, 0.15) is 18.1 Å². The number of alkyl halides is 2. The molecule has 2 N–H and O–H groups in total. The highest BCUT2D eigenvalue weighted by Crippen LogP contribution is 2.40. The van der Waals surface area contributed by atoms with E-state index in [2.05, 4.69) is 15.6 Å². The molecule has 12 heteroatoms. The van der Waals surface area contributed by atoms with E-state index in [1.54, 1.807) is 11.0 Å². The fourth-order valence-corrected chi connectivity index (χ4v) is 5.43. The fourth-order valence-electron chi connectivity index (χ4n) is 5.43. The van der Waals surface area contributed by atoms with Gasteiger partial charge in [0.25, 0.3) is 11.8 Å². The molecule has 3 fully saturated rings. The van der Waals surface area contributed by atoms with Crippen molar-refractivity contribution in [2.24, 2.45) is 5.92 Å². The topological polar surface area (TPSA) is 127 Å². The first-order valence-electron chi connectivity index (χ1n) is 14.7. The van der Waals surface area contributed by atoms with Crippen LogP contribution in [0.15, 0.2) is 42.6 Å². The Kier molecular flexibility index (Phi) is 9.22. The zero-order valence-electron chi connectivity index (χ0n) is 24.0. The number of nitrogens with one attached hydrogen (secondary N) is 2. The summed E-state index contributed by atoms with van der Waals surface area (Å²) in [5.41, 5.74) is 2.05. The molecule has 3 heterocycles. The Hall–Kier alpha value is -4.09. The van der Waals surface area contributed by atoms with Crippen molar-refractivity contribution in [2.75, 3.05) is 26.3 Å². The summed E-state index contributed by atoms with van der Waals surface area (Å²) in [6.45, 7) is 1.70. The predicted molar refractivity (Wildman–Crippen MR) is 150 cm³/mol. The minimum Gasteiger partial charge on any atom is -0.492 e. The Morgan fingerprint density at radius 2 is 2.00 bits per heavy atom. The number of halogens is 2. The number of piperidine rings is 1. The molecule has 5 rings (SSSR count). The molecule has 3 atom stereocenters. The van der Waals surface area contributed by atoms with E-state index in [1.165, 1.54) is 12.3 Å². The molecule has 1 aromatic heterocycles. The first-order valence-corrected chi connectivity index (χ1v) is 14.7. The molecule has 3 aliphatic rings. The number of hydrogen-bond acceptors (Lipinski definition) is 7. The van der Waals surface area contributed by atoms with Gasteiger partial charge in [-0.05, 0) is 54.9 Å². The van der Waals surface area contributed by atoms with Crippen molar-refractivity contribution in [3.8, 4) is 5.75 Å². The highest BCUT2D eigenvalue weighted by atomic mass is 19.3. The van der Waals surface area contributed by atoms with Crippen LogP contribution in [0.1, 0.15) is 79.0 Å². The number of ether oxygens (including phenoxy) is 2. The molecule has 0 bridgehead atoms. The maximum absolute atomic E-state index is 13.7. The highest BCUT2D eigenvalue weighted by molar-refractivity contribution is 5.92. The summed E-state index contributed by atoms with van der Waals surface area (Å²) in [5, 5.41) is 5.38. The molecular weight excluding hydrogens is 562 g/mol. The lowest BCUT2D eigenvalue weighted by atomic mass is 9.99. The lowest BCUT2D eigenvalue weighted by Gasteiger charge is -2.34. The molecule has 10 nitrogen and oxygen atoms in total. The molecule has 1 unspecified atom stereocenters. The van der Waals surface area contributed by atoms with Crippen LogP contribution in [0.5, 0.6) is 5.75 Å². The molecule has 43 heavy (non-hydrogen) atoms.